The van der Waals surface area contributed by atoms with Crippen molar-refractivity contribution in [2.45, 2.75) is 29.8 Å². The fraction of sp³-hybridized carbons (Fsp3) is 0.500. The molecule has 0 unspecified atom stereocenters. The number of nitrogens with one attached hydrogen (secondary N) is 1. The molecule has 142 valence electrons. The van der Waals surface area contributed by atoms with Crippen molar-refractivity contribution in [1.29, 1.82) is 0 Å². The number of halogens is 3. The van der Waals surface area contributed by atoms with Gasteiger partial charge in [0.25, 0.3) is 0 Å². The zero-order chi connectivity index (χ0) is 19.3. The Balaban J connectivity index is 3.03. The molecule has 25 heavy (non-hydrogen) atoms. The Morgan fingerprint density at radius 2 is 1.80 bits per heavy atom. The lowest BCUT2D eigenvalue weighted by molar-refractivity contribution is -0.146. The van der Waals surface area contributed by atoms with Crippen LogP contribution in [0.5, 0.6) is 5.75 Å². The number of ether oxygens (including phenoxy) is 2. The average molecular weight is 435 g/mol. The van der Waals surface area contributed by atoms with Gasteiger partial charge in [0.2, 0.25) is 3.79 Å². The molecule has 1 N–H and O–H groups in total. The zero-order valence-corrected chi connectivity index (χ0v) is 16.7. The topological polar surface area (TPSA) is 90.9 Å². The van der Waals surface area contributed by atoms with Crippen LogP contribution >= 0.6 is 34.8 Å². The van der Waals surface area contributed by atoms with E-state index in [1.807, 2.05) is 0 Å². The van der Waals surface area contributed by atoms with Crippen molar-refractivity contribution >= 4 is 51.1 Å². The average Bonchev–Trinajstić information content (AvgIpc) is 2.50. The summed E-state index contributed by atoms with van der Waals surface area (Å²) >= 11 is 16.5. The van der Waals surface area contributed by atoms with Crippen molar-refractivity contribution < 1.29 is 26.9 Å². The summed E-state index contributed by atoms with van der Waals surface area (Å²) in [6, 6.07) is 5.61. The van der Waals surface area contributed by atoms with Crippen LogP contribution in [0.4, 0.5) is 0 Å². The van der Waals surface area contributed by atoms with Crippen molar-refractivity contribution in [2.75, 3.05) is 13.7 Å². The minimum absolute atomic E-state index is 0.524. The molecule has 0 aliphatic rings. The van der Waals surface area contributed by atoms with E-state index in [0.717, 1.165) is 0 Å². The highest BCUT2D eigenvalue weighted by Crippen LogP contribution is 2.27. The van der Waals surface area contributed by atoms with E-state index in [-0.39, 0.29) is 0 Å². The predicted octanol–water partition coefficient (Wildman–Crippen LogP) is 2.91. The Morgan fingerprint density at radius 1 is 1.24 bits per heavy atom. The minimum Gasteiger partial charge on any atom is -0.497 e. The molecule has 1 aromatic carbocycles. The summed E-state index contributed by atoms with van der Waals surface area (Å²) < 4.78 is 39.4. The van der Waals surface area contributed by atoms with Gasteiger partial charge in [-0.3, -0.25) is 8.98 Å². The Bertz CT molecular complexity index is 675. The molecule has 0 spiro atoms. The van der Waals surface area contributed by atoms with Gasteiger partial charge in [0, 0.05) is 6.92 Å². The molecule has 0 saturated carbocycles. The molecule has 0 fully saturated rings. The first kappa shape index (κ1) is 22.3. The summed E-state index contributed by atoms with van der Waals surface area (Å²) in [5, 5.41) is 0. The standard InChI is InChI=1S/C14H18Cl3NO6S/c1-9(24-10(2)19)13(11-4-6-12(22-3)7-5-11)18-25(20,21)23-8-14(15,16)17/h4-7,9,13,18H,8H2,1-3H3/t9-,13-/m0/s1. The first-order valence-electron chi connectivity index (χ1n) is 6.98. The maximum Gasteiger partial charge on any atom is 0.336 e. The van der Waals surface area contributed by atoms with Crippen LogP contribution in [0, 0.1) is 0 Å². The lowest BCUT2D eigenvalue weighted by Gasteiger charge is -2.25. The maximum atomic E-state index is 12.1. The van der Waals surface area contributed by atoms with Gasteiger partial charge in [0.05, 0.1) is 13.2 Å². The minimum atomic E-state index is -4.28. The summed E-state index contributed by atoms with van der Waals surface area (Å²) in [6.07, 6.45) is -0.822. The Morgan fingerprint density at radius 3 is 2.24 bits per heavy atom. The fourth-order valence-electron chi connectivity index (χ4n) is 1.91. The molecule has 1 rings (SSSR count). The quantitative estimate of drug-likeness (QED) is 0.500. The normalized spacial score (nSPS) is 14.6. The third kappa shape index (κ3) is 8.44. The Hall–Kier alpha value is -0.770. The van der Waals surface area contributed by atoms with Crippen LogP contribution in [0.1, 0.15) is 25.5 Å². The maximum absolute atomic E-state index is 12.1. The molecule has 0 radical (unpaired) electrons. The molecule has 0 aliphatic heterocycles. The lowest BCUT2D eigenvalue weighted by atomic mass is 10.0. The molecule has 1 aromatic rings. The fourth-order valence-corrected chi connectivity index (χ4v) is 3.31. The van der Waals surface area contributed by atoms with Gasteiger partial charge < -0.3 is 9.47 Å². The third-order valence-electron chi connectivity index (χ3n) is 2.95. The van der Waals surface area contributed by atoms with Gasteiger partial charge in [-0.05, 0) is 24.6 Å². The van der Waals surface area contributed by atoms with E-state index < -0.39 is 38.8 Å². The van der Waals surface area contributed by atoms with Crippen molar-refractivity contribution in [1.82, 2.24) is 4.72 Å². The van der Waals surface area contributed by atoms with Crippen LogP contribution in [-0.4, -0.2) is 38.0 Å². The number of benzene rings is 1. The number of carbonyl (C=O) groups is 1. The van der Waals surface area contributed by atoms with Crippen molar-refractivity contribution in [3.63, 3.8) is 0 Å². The molecule has 0 aromatic heterocycles. The van der Waals surface area contributed by atoms with E-state index >= 15 is 0 Å². The first-order chi connectivity index (χ1) is 11.4. The summed E-state index contributed by atoms with van der Waals surface area (Å²) in [5.41, 5.74) is 0.524. The predicted molar refractivity (Wildman–Crippen MR) is 95.3 cm³/mol. The summed E-state index contributed by atoms with van der Waals surface area (Å²) in [6.45, 7) is 2.08. The van der Waals surface area contributed by atoms with Gasteiger partial charge >= 0.3 is 16.3 Å². The van der Waals surface area contributed by atoms with E-state index in [9.17, 15) is 13.2 Å². The Labute approximate surface area is 161 Å². The van der Waals surface area contributed by atoms with Crippen LogP contribution in [0.3, 0.4) is 0 Å². The van der Waals surface area contributed by atoms with Crippen LogP contribution in [-0.2, 0) is 24.0 Å². The van der Waals surface area contributed by atoms with E-state index in [2.05, 4.69) is 8.91 Å². The highest BCUT2D eigenvalue weighted by Gasteiger charge is 2.30. The second-order valence-corrected chi connectivity index (χ2v) is 8.91. The molecule has 0 heterocycles. The Kier molecular flexibility index (Phi) is 8.24. The second kappa shape index (κ2) is 9.25. The van der Waals surface area contributed by atoms with Crippen LogP contribution in [0.2, 0.25) is 0 Å². The third-order valence-corrected chi connectivity index (χ3v) is 4.24. The van der Waals surface area contributed by atoms with E-state index in [1.54, 1.807) is 24.3 Å². The highest BCUT2D eigenvalue weighted by atomic mass is 35.6. The van der Waals surface area contributed by atoms with Crippen molar-refractivity contribution in [3.05, 3.63) is 29.8 Å². The zero-order valence-electron chi connectivity index (χ0n) is 13.7. The van der Waals surface area contributed by atoms with Crippen molar-refractivity contribution in [3.8, 4) is 5.75 Å². The molecule has 0 aliphatic carbocycles. The van der Waals surface area contributed by atoms with Gasteiger partial charge in [-0.1, -0.05) is 46.9 Å². The van der Waals surface area contributed by atoms with E-state index in [1.165, 1.54) is 21.0 Å². The highest BCUT2D eigenvalue weighted by molar-refractivity contribution is 7.84. The monoisotopic (exact) mass is 433 g/mol. The number of hydrogen-bond donors (Lipinski definition) is 1. The van der Waals surface area contributed by atoms with Gasteiger partial charge in [-0.15, -0.1) is 0 Å². The number of carbonyl (C=O) groups excluding carboxylic acids is 1. The summed E-state index contributed by atoms with van der Waals surface area (Å²) in [7, 11) is -2.78. The van der Waals surface area contributed by atoms with E-state index in [4.69, 9.17) is 44.3 Å². The summed E-state index contributed by atoms with van der Waals surface area (Å²) in [5.74, 6) is 0.0189. The second-order valence-electron chi connectivity index (χ2n) is 5.01. The number of alkyl halides is 3. The van der Waals surface area contributed by atoms with Crippen molar-refractivity contribution in [2.24, 2.45) is 0 Å². The van der Waals surface area contributed by atoms with Gasteiger partial charge in [-0.25, -0.2) is 0 Å². The molecule has 11 heteroatoms. The van der Waals surface area contributed by atoms with E-state index in [0.29, 0.717) is 11.3 Å². The van der Waals surface area contributed by atoms with Gasteiger partial charge in [0.1, 0.15) is 18.5 Å². The summed E-state index contributed by atoms with van der Waals surface area (Å²) in [4.78, 5) is 11.2. The number of hydrogen-bond acceptors (Lipinski definition) is 6. The van der Waals surface area contributed by atoms with Crippen LogP contribution in [0.25, 0.3) is 0 Å². The largest absolute Gasteiger partial charge is 0.497 e. The molecule has 0 bridgehead atoms. The molecule has 0 saturated heterocycles. The van der Waals surface area contributed by atoms with Crippen LogP contribution in [0.15, 0.2) is 24.3 Å². The van der Waals surface area contributed by atoms with Gasteiger partial charge in [-0.2, -0.15) is 13.1 Å². The first-order valence-corrected chi connectivity index (χ1v) is 9.52. The lowest BCUT2D eigenvalue weighted by Crippen LogP contribution is -2.38. The smallest absolute Gasteiger partial charge is 0.336 e. The molecule has 7 nitrogen and oxygen atoms in total. The van der Waals surface area contributed by atoms with Gasteiger partial charge in [0.15, 0.2) is 0 Å². The molecular formula is C14H18Cl3NO6S. The number of esters is 1. The molecular weight excluding hydrogens is 417 g/mol. The molecule has 2 atom stereocenters. The molecule has 0 amide bonds. The van der Waals surface area contributed by atoms with Crippen LogP contribution < -0.4 is 9.46 Å². The number of rotatable bonds is 8. The SMILES string of the molecule is COc1ccc([C@@H](NS(=O)(=O)OCC(Cl)(Cl)Cl)[C@H](C)OC(C)=O)cc1. The number of methoxy groups -OCH3 is 1.